The van der Waals surface area contributed by atoms with E-state index in [-0.39, 0.29) is 6.42 Å². The van der Waals surface area contributed by atoms with Crippen LogP contribution in [0.5, 0.6) is 0 Å². The number of carboxylic acids is 1. The number of hydrogen-bond donors (Lipinski definition) is 1. The fourth-order valence-electron chi connectivity index (χ4n) is 0.481. The van der Waals surface area contributed by atoms with Gasteiger partial charge in [-0.15, -0.1) is 0 Å². The molecule has 0 bridgehead atoms. The molecule has 2 unspecified atom stereocenters. The summed E-state index contributed by atoms with van der Waals surface area (Å²) in [6, 6.07) is 0. The molecule has 2 nitrogen and oxygen atoms in total. The van der Waals surface area contributed by atoms with E-state index in [0.29, 0.717) is 0 Å². The second-order valence-corrected chi connectivity index (χ2v) is 3.65. The molecule has 2 atom stereocenters. The van der Waals surface area contributed by atoms with E-state index in [1.807, 2.05) is 0 Å². The Bertz CT molecular complexity index is 134. The minimum absolute atomic E-state index is 0.170. The zero-order valence-electron chi connectivity index (χ0n) is 3.90. The molecule has 1 N–H and O–H groups in total. The summed E-state index contributed by atoms with van der Waals surface area (Å²) in [6.45, 7) is 0. The van der Waals surface area contributed by atoms with Crippen LogP contribution >= 0.6 is 22.6 Å². The molecular weight excluding hydrogens is 226 g/mol. The van der Waals surface area contributed by atoms with Crippen LogP contribution in [0.4, 0.5) is 4.39 Å². The third-order valence-corrected chi connectivity index (χ3v) is 2.32. The second kappa shape index (κ2) is 1.55. The zero-order valence-corrected chi connectivity index (χ0v) is 6.05. The van der Waals surface area contributed by atoms with Gasteiger partial charge < -0.3 is 5.11 Å². The van der Waals surface area contributed by atoms with Gasteiger partial charge in [-0.25, -0.2) is 4.39 Å². The van der Waals surface area contributed by atoms with Crippen molar-refractivity contribution < 1.29 is 14.3 Å². The first-order chi connectivity index (χ1) is 3.54. The van der Waals surface area contributed by atoms with E-state index >= 15 is 0 Å². The van der Waals surface area contributed by atoms with E-state index in [4.69, 9.17) is 5.11 Å². The van der Waals surface area contributed by atoms with Crippen LogP contribution in [0.25, 0.3) is 0 Å². The van der Waals surface area contributed by atoms with Crippen LogP contribution in [-0.2, 0) is 4.79 Å². The predicted octanol–water partition coefficient (Wildman–Crippen LogP) is 1.19. The Hall–Kier alpha value is 0.130. The molecule has 0 aromatic heterocycles. The topological polar surface area (TPSA) is 37.3 Å². The summed E-state index contributed by atoms with van der Waals surface area (Å²) in [5, 5.41) is 8.14. The van der Waals surface area contributed by atoms with Crippen molar-refractivity contribution in [2.45, 2.75) is 10.1 Å². The molecule has 1 fully saturated rings. The molecule has 0 aliphatic heterocycles. The highest BCUT2D eigenvalue weighted by atomic mass is 127. The van der Waals surface area contributed by atoms with E-state index in [0.717, 1.165) is 0 Å². The average Bonchev–Trinajstić information content (AvgIpc) is 2.13. The lowest BCUT2D eigenvalue weighted by atomic mass is 10.4. The van der Waals surface area contributed by atoms with E-state index in [2.05, 4.69) is 0 Å². The number of aliphatic carboxylic acids is 1. The lowest BCUT2D eigenvalue weighted by Crippen LogP contribution is -2.03. The van der Waals surface area contributed by atoms with E-state index in [9.17, 15) is 9.18 Å². The Balaban J connectivity index is 2.48. The minimum Gasteiger partial charge on any atom is -0.481 e. The summed E-state index contributed by atoms with van der Waals surface area (Å²) in [5.74, 6) is -1.77. The van der Waals surface area contributed by atoms with Gasteiger partial charge in [0.2, 0.25) is 0 Å². The van der Waals surface area contributed by atoms with Crippen LogP contribution in [0.15, 0.2) is 0 Å². The van der Waals surface area contributed by atoms with Crippen molar-refractivity contribution in [2.24, 2.45) is 5.92 Å². The van der Waals surface area contributed by atoms with Gasteiger partial charge in [0.15, 0.2) is 3.68 Å². The number of alkyl halides is 2. The normalized spacial score (nSPS) is 44.0. The zero-order chi connectivity index (χ0) is 6.36. The van der Waals surface area contributed by atoms with Crippen LogP contribution in [0.2, 0.25) is 0 Å². The van der Waals surface area contributed by atoms with Crippen molar-refractivity contribution in [3.63, 3.8) is 0 Å². The molecule has 0 radical (unpaired) electrons. The third kappa shape index (κ3) is 0.936. The second-order valence-electron chi connectivity index (χ2n) is 1.86. The molecule has 0 heterocycles. The largest absolute Gasteiger partial charge is 0.481 e. The quantitative estimate of drug-likeness (QED) is 0.542. The molecule has 1 saturated carbocycles. The van der Waals surface area contributed by atoms with Crippen molar-refractivity contribution in [1.82, 2.24) is 0 Å². The summed E-state index contributed by atoms with van der Waals surface area (Å²) >= 11 is 1.52. The number of carbonyl (C=O) groups is 1. The molecule has 46 valence electrons. The van der Waals surface area contributed by atoms with Gasteiger partial charge >= 0.3 is 5.97 Å². The van der Waals surface area contributed by atoms with Gasteiger partial charge in [-0.2, -0.15) is 0 Å². The van der Waals surface area contributed by atoms with Gasteiger partial charge in [-0.05, 0) is 22.6 Å². The predicted molar refractivity (Wildman–Crippen MR) is 33.6 cm³/mol. The van der Waals surface area contributed by atoms with Gasteiger partial charge in [0.05, 0.1) is 0 Å². The smallest absolute Gasteiger partial charge is 0.310 e. The lowest BCUT2D eigenvalue weighted by molar-refractivity contribution is -0.139. The van der Waals surface area contributed by atoms with Gasteiger partial charge in [0, 0.05) is 6.42 Å². The number of carboxylic acid groups (broad SMARTS) is 1. The Morgan fingerprint density at radius 3 is 2.38 bits per heavy atom. The van der Waals surface area contributed by atoms with Gasteiger partial charge in [0.25, 0.3) is 0 Å². The number of hydrogen-bond acceptors (Lipinski definition) is 1. The number of rotatable bonds is 1. The van der Waals surface area contributed by atoms with Crippen LogP contribution in [0.1, 0.15) is 6.42 Å². The van der Waals surface area contributed by atoms with Crippen molar-refractivity contribution in [1.29, 1.82) is 0 Å². The van der Waals surface area contributed by atoms with Gasteiger partial charge in [-0.1, -0.05) is 0 Å². The van der Waals surface area contributed by atoms with Crippen molar-refractivity contribution in [2.75, 3.05) is 0 Å². The third-order valence-electron chi connectivity index (χ3n) is 1.12. The highest BCUT2D eigenvalue weighted by Gasteiger charge is 2.58. The molecule has 0 saturated heterocycles. The molecule has 1 aliphatic rings. The standard InChI is InChI=1S/C4H4FIO2/c5-4(6)1-2(4)3(7)8/h2H,1H2,(H,7,8). The highest BCUT2D eigenvalue weighted by Crippen LogP contribution is 2.52. The number of halogens is 2. The first kappa shape index (κ1) is 6.25. The maximum Gasteiger partial charge on any atom is 0.310 e. The molecule has 0 aromatic rings. The van der Waals surface area contributed by atoms with Crippen LogP contribution in [0, 0.1) is 5.92 Å². The fourth-order valence-corrected chi connectivity index (χ4v) is 1.19. The van der Waals surface area contributed by atoms with E-state index in [1.165, 1.54) is 22.6 Å². The maximum atomic E-state index is 12.3. The lowest BCUT2D eigenvalue weighted by Gasteiger charge is -1.88. The van der Waals surface area contributed by atoms with Crippen LogP contribution in [0.3, 0.4) is 0 Å². The van der Waals surface area contributed by atoms with Crippen molar-refractivity contribution >= 4 is 28.6 Å². The summed E-state index contributed by atoms with van der Waals surface area (Å²) in [7, 11) is 0. The van der Waals surface area contributed by atoms with Gasteiger partial charge in [0.1, 0.15) is 5.92 Å². The SMILES string of the molecule is O=C(O)C1CC1(F)I. The monoisotopic (exact) mass is 230 g/mol. The summed E-state index contributed by atoms with van der Waals surface area (Å²) in [6.07, 6.45) is 0.170. The molecule has 4 heteroatoms. The first-order valence-electron chi connectivity index (χ1n) is 2.14. The maximum absolute atomic E-state index is 12.3. The minimum atomic E-state index is -1.44. The molecule has 8 heavy (non-hydrogen) atoms. The summed E-state index contributed by atoms with van der Waals surface area (Å²) in [4.78, 5) is 9.93. The Morgan fingerprint density at radius 1 is 2.00 bits per heavy atom. The first-order valence-corrected chi connectivity index (χ1v) is 3.22. The molecule has 0 aromatic carbocycles. The molecule has 0 spiro atoms. The summed E-state index contributed by atoms with van der Waals surface area (Å²) < 4.78 is 10.9. The van der Waals surface area contributed by atoms with Crippen molar-refractivity contribution in [3.8, 4) is 0 Å². The fraction of sp³-hybridized carbons (Fsp3) is 0.750. The Kier molecular flexibility index (Phi) is 1.21. The molecular formula is C4H4FIO2. The average molecular weight is 230 g/mol. The summed E-state index contributed by atoms with van der Waals surface area (Å²) in [5.41, 5.74) is 0. The van der Waals surface area contributed by atoms with E-state index < -0.39 is 15.6 Å². The van der Waals surface area contributed by atoms with Crippen molar-refractivity contribution in [3.05, 3.63) is 0 Å². The van der Waals surface area contributed by atoms with Crippen LogP contribution in [-0.4, -0.2) is 14.8 Å². The molecule has 1 aliphatic carbocycles. The molecule has 0 amide bonds. The Labute approximate surface area is 59.2 Å². The van der Waals surface area contributed by atoms with Gasteiger partial charge in [-0.3, -0.25) is 4.79 Å². The highest BCUT2D eigenvalue weighted by molar-refractivity contribution is 14.1. The molecule has 1 rings (SSSR count). The van der Waals surface area contributed by atoms with Crippen LogP contribution < -0.4 is 0 Å². The Morgan fingerprint density at radius 2 is 2.38 bits per heavy atom. The van der Waals surface area contributed by atoms with E-state index in [1.54, 1.807) is 0 Å².